The standard InChI is InChI=1S/C17H27NO5/c1-12(9-20-4)21-10-13(2)22-11-14(3)23-17(19)15-5-7-16(18)8-6-15/h5-8,12-14H,9-11,18H2,1-4H3. The summed E-state index contributed by atoms with van der Waals surface area (Å²) in [6.45, 7) is 6.95. The molecule has 0 aromatic heterocycles. The quantitative estimate of drug-likeness (QED) is 0.525. The van der Waals surface area contributed by atoms with Crippen molar-refractivity contribution >= 4 is 11.7 Å². The van der Waals surface area contributed by atoms with Crippen molar-refractivity contribution in [2.45, 2.75) is 39.1 Å². The van der Waals surface area contributed by atoms with E-state index >= 15 is 0 Å². The number of carbonyl (C=O) groups is 1. The summed E-state index contributed by atoms with van der Waals surface area (Å²) in [4.78, 5) is 11.9. The van der Waals surface area contributed by atoms with E-state index in [9.17, 15) is 4.79 Å². The van der Waals surface area contributed by atoms with Gasteiger partial charge in [-0.05, 0) is 45.0 Å². The van der Waals surface area contributed by atoms with Crippen LogP contribution < -0.4 is 5.73 Å². The van der Waals surface area contributed by atoms with Crippen molar-refractivity contribution in [1.29, 1.82) is 0 Å². The van der Waals surface area contributed by atoms with Crippen molar-refractivity contribution in [3.05, 3.63) is 29.8 Å². The lowest BCUT2D eigenvalue weighted by Crippen LogP contribution is -2.27. The number of ether oxygens (including phenoxy) is 4. The van der Waals surface area contributed by atoms with Crippen LogP contribution in [0.15, 0.2) is 24.3 Å². The second kappa shape index (κ2) is 10.2. The first-order valence-corrected chi connectivity index (χ1v) is 7.71. The van der Waals surface area contributed by atoms with Crippen LogP contribution in [0.5, 0.6) is 0 Å². The first kappa shape index (κ1) is 19.4. The number of hydrogen-bond acceptors (Lipinski definition) is 6. The molecular weight excluding hydrogens is 298 g/mol. The van der Waals surface area contributed by atoms with Gasteiger partial charge in [0, 0.05) is 12.8 Å². The number of hydrogen-bond donors (Lipinski definition) is 1. The Morgan fingerprint density at radius 2 is 1.48 bits per heavy atom. The number of benzene rings is 1. The summed E-state index contributed by atoms with van der Waals surface area (Å²) in [6, 6.07) is 6.61. The zero-order chi connectivity index (χ0) is 17.2. The van der Waals surface area contributed by atoms with Crippen LogP contribution in [-0.2, 0) is 18.9 Å². The normalized spacial score (nSPS) is 15.0. The molecular formula is C17H27NO5. The molecule has 130 valence electrons. The van der Waals surface area contributed by atoms with Crippen LogP contribution in [0, 0.1) is 0 Å². The Hall–Kier alpha value is -1.63. The topological polar surface area (TPSA) is 80.0 Å². The van der Waals surface area contributed by atoms with E-state index in [1.165, 1.54) is 0 Å². The molecule has 0 heterocycles. The van der Waals surface area contributed by atoms with Crippen LogP contribution in [0.4, 0.5) is 5.69 Å². The summed E-state index contributed by atoms with van der Waals surface area (Å²) >= 11 is 0. The van der Waals surface area contributed by atoms with Crippen molar-refractivity contribution in [3.8, 4) is 0 Å². The fraction of sp³-hybridized carbons (Fsp3) is 0.588. The maximum atomic E-state index is 11.9. The molecule has 2 N–H and O–H groups in total. The summed E-state index contributed by atoms with van der Waals surface area (Å²) in [6.07, 6.45) is -0.419. The molecule has 0 spiro atoms. The van der Waals surface area contributed by atoms with Crippen molar-refractivity contribution < 1.29 is 23.7 Å². The maximum absolute atomic E-state index is 11.9. The Morgan fingerprint density at radius 3 is 2.04 bits per heavy atom. The smallest absolute Gasteiger partial charge is 0.338 e. The van der Waals surface area contributed by atoms with E-state index in [1.54, 1.807) is 38.3 Å². The minimum atomic E-state index is -0.390. The molecule has 1 rings (SSSR count). The molecule has 0 aliphatic heterocycles. The third-order valence-electron chi connectivity index (χ3n) is 3.09. The highest BCUT2D eigenvalue weighted by Crippen LogP contribution is 2.09. The molecule has 0 aliphatic rings. The van der Waals surface area contributed by atoms with Crippen molar-refractivity contribution in [3.63, 3.8) is 0 Å². The molecule has 0 aliphatic carbocycles. The predicted molar refractivity (Wildman–Crippen MR) is 88.4 cm³/mol. The third-order valence-corrected chi connectivity index (χ3v) is 3.09. The Balaban J connectivity index is 2.26. The SMILES string of the molecule is COCC(C)OCC(C)OCC(C)OC(=O)c1ccc(N)cc1. The highest BCUT2D eigenvalue weighted by Gasteiger charge is 2.14. The second-order valence-corrected chi connectivity index (χ2v) is 5.58. The number of nitrogen functional groups attached to an aromatic ring is 1. The molecule has 0 saturated carbocycles. The highest BCUT2D eigenvalue weighted by molar-refractivity contribution is 5.89. The summed E-state index contributed by atoms with van der Waals surface area (Å²) in [5.74, 6) is -0.390. The molecule has 6 nitrogen and oxygen atoms in total. The monoisotopic (exact) mass is 325 g/mol. The number of anilines is 1. The molecule has 3 atom stereocenters. The summed E-state index contributed by atoms with van der Waals surface area (Å²) in [5.41, 5.74) is 6.66. The van der Waals surface area contributed by atoms with Gasteiger partial charge in [-0.25, -0.2) is 4.79 Å². The van der Waals surface area contributed by atoms with Crippen LogP contribution >= 0.6 is 0 Å². The van der Waals surface area contributed by atoms with Crippen LogP contribution in [-0.4, -0.2) is 51.2 Å². The van der Waals surface area contributed by atoms with E-state index in [1.807, 2.05) is 13.8 Å². The minimum absolute atomic E-state index is 0.0202. The zero-order valence-electron chi connectivity index (χ0n) is 14.3. The minimum Gasteiger partial charge on any atom is -0.457 e. The molecule has 0 fully saturated rings. The first-order chi connectivity index (χ1) is 10.9. The molecule has 23 heavy (non-hydrogen) atoms. The molecule has 6 heteroatoms. The molecule has 3 unspecified atom stereocenters. The number of rotatable bonds is 10. The van der Waals surface area contributed by atoms with E-state index in [2.05, 4.69) is 0 Å². The van der Waals surface area contributed by atoms with Crippen molar-refractivity contribution in [1.82, 2.24) is 0 Å². The zero-order valence-corrected chi connectivity index (χ0v) is 14.3. The fourth-order valence-electron chi connectivity index (χ4n) is 1.83. The molecule has 0 radical (unpaired) electrons. The van der Waals surface area contributed by atoms with Crippen molar-refractivity contribution in [2.24, 2.45) is 0 Å². The summed E-state index contributed by atoms with van der Waals surface area (Å²) in [5, 5.41) is 0. The van der Waals surface area contributed by atoms with Gasteiger partial charge in [-0.3, -0.25) is 0 Å². The van der Waals surface area contributed by atoms with E-state index in [0.717, 1.165) is 0 Å². The van der Waals surface area contributed by atoms with Gasteiger partial charge in [-0.15, -0.1) is 0 Å². The number of carbonyl (C=O) groups excluding carboxylic acids is 1. The van der Waals surface area contributed by atoms with E-state index in [-0.39, 0.29) is 18.3 Å². The average Bonchev–Trinajstić information content (AvgIpc) is 2.51. The number of nitrogens with two attached hydrogens (primary N) is 1. The Kier molecular flexibility index (Phi) is 8.61. The molecule has 0 saturated heterocycles. The molecule has 1 aromatic carbocycles. The maximum Gasteiger partial charge on any atom is 0.338 e. The number of esters is 1. The first-order valence-electron chi connectivity index (χ1n) is 7.71. The lowest BCUT2D eigenvalue weighted by molar-refractivity contribution is -0.0692. The van der Waals surface area contributed by atoms with E-state index in [0.29, 0.717) is 31.1 Å². The van der Waals surface area contributed by atoms with Crippen LogP contribution in [0.2, 0.25) is 0 Å². The van der Waals surface area contributed by atoms with Gasteiger partial charge < -0.3 is 24.7 Å². The van der Waals surface area contributed by atoms with Gasteiger partial charge >= 0.3 is 5.97 Å². The average molecular weight is 325 g/mol. The molecule has 0 amide bonds. The predicted octanol–water partition coefficient (Wildman–Crippen LogP) is 2.27. The van der Waals surface area contributed by atoms with E-state index in [4.69, 9.17) is 24.7 Å². The third kappa shape index (κ3) is 7.97. The number of methoxy groups -OCH3 is 1. The molecule has 1 aromatic rings. The van der Waals surface area contributed by atoms with Gasteiger partial charge in [0.1, 0.15) is 6.10 Å². The lowest BCUT2D eigenvalue weighted by atomic mass is 10.2. The van der Waals surface area contributed by atoms with Gasteiger partial charge in [0.2, 0.25) is 0 Å². The van der Waals surface area contributed by atoms with Gasteiger partial charge in [0.15, 0.2) is 0 Å². The second-order valence-electron chi connectivity index (χ2n) is 5.58. The van der Waals surface area contributed by atoms with Gasteiger partial charge in [-0.2, -0.15) is 0 Å². The lowest BCUT2D eigenvalue weighted by Gasteiger charge is -2.19. The van der Waals surface area contributed by atoms with E-state index < -0.39 is 5.97 Å². The fourth-order valence-corrected chi connectivity index (χ4v) is 1.83. The van der Waals surface area contributed by atoms with Gasteiger partial charge in [0.25, 0.3) is 0 Å². The van der Waals surface area contributed by atoms with Crippen LogP contribution in [0.3, 0.4) is 0 Å². The van der Waals surface area contributed by atoms with Gasteiger partial charge in [0.05, 0.1) is 37.6 Å². The van der Waals surface area contributed by atoms with Crippen molar-refractivity contribution in [2.75, 3.05) is 32.7 Å². The summed E-state index contributed by atoms with van der Waals surface area (Å²) < 4.78 is 21.5. The summed E-state index contributed by atoms with van der Waals surface area (Å²) in [7, 11) is 1.64. The Morgan fingerprint density at radius 1 is 0.957 bits per heavy atom. The highest BCUT2D eigenvalue weighted by atomic mass is 16.6. The Labute approximate surface area is 137 Å². The largest absolute Gasteiger partial charge is 0.457 e. The Bertz CT molecular complexity index is 463. The van der Waals surface area contributed by atoms with Crippen LogP contribution in [0.1, 0.15) is 31.1 Å². The van der Waals surface area contributed by atoms with Gasteiger partial charge in [-0.1, -0.05) is 0 Å². The van der Waals surface area contributed by atoms with Crippen LogP contribution in [0.25, 0.3) is 0 Å². The molecule has 0 bridgehead atoms.